The van der Waals surface area contributed by atoms with Crippen molar-refractivity contribution in [2.75, 3.05) is 7.11 Å². The molecule has 1 heterocycles. The van der Waals surface area contributed by atoms with Crippen LogP contribution in [0.1, 0.15) is 5.56 Å². The van der Waals surface area contributed by atoms with E-state index in [2.05, 4.69) is 20.9 Å². The predicted octanol–water partition coefficient (Wildman–Crippen LogP) is 1.19. The highest BCUT2D eigenvalue weighted by Crippen LogP contribution is 2.08. The van der Waals surface area contributed by atoms with E-state index in [-0.39, 0.29) is 0 Å². The lowest BCUT2D eigenvalue weighted by Gasteiger charge is -1.92. The molecule has 0 aliphatic heterocycles. The molecule has 0 bridgehead atoms. The number of carbonyl (C=O) groups excluding carboxylic acids is 1. The predicted molar refractivity (Wildman–Crippen MR) is 49.8 cm³/mol. The highest BCUT2D eigenvalue weighted by molar-refractivity contribution is 9.10. The average molecular weight is 232 g/mol. The van der Waals surface area contributed by atoms with Crippen LogP contribution < -0.4 is 0 Å². The fourth-order valence-corrected chi connectivity index (χ4v) is 1.08. The first-order valence-corrected chi connectivity index (χ1v) is 4.10. The van der Waals surface area contributed by atoms with Gasteiger partial charge in [0.2, 0.25) is 0 Å². The normalized spacial score (nSPS) is 8.25. The molecule has 4 heteroatoms. The van der Waals surface area contributed by atoms with Gasteiger partial charge in [-0.2, -0.15) is 0 Å². The Balaban J connectivity index is 0.000000561. The van der Waals surface area contributed by atoms with Crippen molar-refractivity contribution in [2.24, 2.45) is 0 Å². The zero-order valence-electron chi connectivity index (χ0n) is 6.70. The lowest BCUT2D eigenvalue weighted by atomic mass is 10.2. The number of aliphatic hydroxyl groups excluding tert-OH is 1. The molecule has 1 N–H and O–H groups in total. The van der Waals surface area contributed by atoms with E-state index < -0.39 is 0 Å². The third kappa shape index (κ3) is 4.20. The molecule has 1 rings (SSSR count). The highest BCUT2D eigenvalue weighted by Gasteiger charge is 1.91. The largest absolute Gasteiger partial charge is 0.400 e. The zero-order chi connectivity index (χ0) is 9.40. The Bertz CT molecular complexity index is 240. The van der Waals surface area contributed by atoms with E-state index >= 15 is 0 Å². The van der Waals surface area contributed by atoms with Gasteiger partial charge < -0.3 is 9.90 Å². The molecule has 1 aromatic rings. The first-order chi connectivity index (χ1) is 5.83. The SMILES string of the molecule is CO.O=CCc1cncc(Br)c1. The van der Waals surface area contributed by atoms with Crippen LogP contribution in [0.2, 0.25) is 0 Å². The molecular formula is C8H10BrNO2. The van der Waals surface area contributed by atoms with E-state index in [1.165, 1.54) is 0 Å². The van der Waals surface area contributed by atoms with Gasteiger partial charge in [-0.3, -0.25) is 4.98 Å². The number of halogens is 1. The van der Waals surface area contributed by atoms with Crippen LogP contribution in [-0.4, -0.2) is 23.5 Å². The molecule has 0 fully saturated rings. The second kappa shape index (κ2) is 6.94. The first-order valence-electron chi connectivity index (χ1n) is 3.30. The average Bonchev–Trinajstić information content (AvgIpc) is 2.09. The first kappa shape index (κ1) is 11.3. The molecule has 0 spiro atoms. The maximum atomic E-state index is 10.0. The summed E-state index contributed by atoms with van der Waals surface area (Å²) in [5, 5.41) is 7.00. The van der Waals surface area contributed by atoms with Gasteiger partial charge >= 0.3 is 0 Å². The molecular weight excluding hydrogens is 222 g/mol. The molecule has 0 amide bonds. The van der Waals surface area contributed by atoms with Gasteiger partial charge in [0.05, 0.1) is 0 Å². The second-order valence-electron chi connectivity index (χ2n) is 1.88. The van der Waals surface area contributed by atoms with Crippen LogP contribution in [0.3, 0.4) is 0 Å². The van der Waals surface area contributed by atoms with Crippen molar-refractivity contribution >= 4 is 22.2 Å². The molecule has 0 aliphatic rings. The lowest BCUT2D eigenvalue weighted by Crippen LogP contribution is -1.86. The summed E-state index contributed by atoms with van der Waals surface area (Å²) >= 11 is 3.25. The summed E-state index contributed by atoms with van der Waals surface area (Å²) in [6, 6.07) is 1.88. The maximum Gasteiger partial charge on any atom is 0.124 e. The van der Waals surface area contributed by atoms with E-state index in [1.807, 2.05) is 6.07 Å². The molecule has 0 saturated heterocycles. The number of nitrogens with zero attached hydrogens (tertiary/aromatic N) is 1. The third-order valence-electron chi connectivity index (χ3n) is 1.08. The Morgan fingerprint density at radius 1 is 1.58 bits per heavy atom. The minimum Gasteiger partial charge on any atom is -0.400 e. The Morgan fingerprint density at radius 2 is 2.25 bits per heavy atom. The summed E-state index contributed by atoms with van der Waals surface area (Å²) in [5.74, 6) is 0. The molecule has 1 aromatic heterocycles. The van der Waals surface area contributed by atoms with Crippen LogP contribution in [0.4, 0.5) is 0 Å². The summed E-state index contributed by atoms with van der Waals surface area (Å²) < 4.78 is 0.909. The van der Waals surface area contributed by atoms with E-state index in [0.717, 1.165) is 23.4 Å². The van der Waals surface area contributed by atoms with Gasteiger partial charge in [-0.15, -0.1) is 0 Å². The Kier molecular flexibility index (Phi) is 6.51. The number of aliphatic hydroxyl groups is 1. The summed E-state index contributed by atoms with van der Waals surface area (Å²) in [5.41, 5.74) is 0.935. The number of rotatable bonds is 2. The Hall–Kier alpha value is -0.740. The van der Waals surface area contributed by atoms with Crippen LogP contribution in [0.15, 0.2) is 22.9 Å². The topological polar surface area (TPSA) is 50.2 Å². The molecule has 66 valence electrons. The van der Waals surface area contributed by atoms with Gasteiger partial charge in [-0.25, -0.2) is 0 Å². The van der Waals surface area contributed by atoms with Crippen molar-refractivity contribution in [1.29, 1.82) is 0 Å². The van der Waals surface area contributed by atoms with Crippen LogP contribution >= 0.6 is 15.9 Å². The monoisotopic (exact) mass is 231 g/mol. The van der Waals surface area contributed by atoms with Crippen LogP contribution in [0.5, 0.6) is 0 Å². The summed E-state index contributed by atoms with van der Waals surface area (Å²) in [7, 11) is 1.00. The van der Waals surface area contributed by atoms with Crippen molar-refractivity contribution in [3.63, 3.8) is 0 Å². The van der Waals surface area contributed by atoms with Crippen molar-refractivity contribution in [2.45, 2.75) is 6.42 Å². The number of hydrogen-bond donors (Lipinski definition) is 1. The fraction of sp³-hybridized carbons (Fsp3) is 0.250. The van der Waals surface area contributed by atoms with Gasteiger partial charge in [-0.1, -0.05) is 0 Å². The van der Waals surface area contributed by atoms with E-state index in [0.29, 0.717) is 6.42 Å². The quantitative estimate of drug-likeness (QED) is 0.779. The highest BCUT2D eigenvalue weighted by atomic mass is 79.9. The van der Waals surface area contributed by atoms with Gasteiger partial charge in [-0.05, 0) is 27.6 Å². The standard InChI is InChI=1S/C7H6BrNO.CH4O/c8-7-3-6(1-2-10)4-9-5-7;1-2/h2-5H,1H2;2H,1H3. The van der Waals surface area contributed by atoms with E-state index in [9.17, 15) is 4.79 Å². The molecule has 0 radical (unpaired) electrons. The van der Waals surface area contributed by atoms with Crippen LogP contribution in [0.25, 0.3) is 0 Å². The summed E-state index contributed by atoms with van der Waals surface area (Å²) in [6.07, 6.45) is 4.67. The minimum absolute atomic E-state index is 0.437. The summed E-state index contributed by atoms with van der Waals surface area (Å²) in [6.45, 7) is 0. The van der Waals surface area contributed by atoms with Gasteiger partial charge in [0, 0.05) is 30.4 Å². The minimum atomic E-state index is 0.437. The van der Waals surface area contributed by atoms with Gasteiger partial charge in [0.15, 0.2) is 0 Å². The molecule has 0 aromatic carbocycles. The Morgan fingerprint density at radius 3 is 2.75 bits per heavy atom. The number of hydrogen-bond acceptors (Lipinski definition) is 3. The fourth-order valence-electron chi connectivity index (χ4n) is 0.664. The molecule has 12 heavy (non-hydrogen) atoms. The van der Waals surface area contributed by atoms with Crippen molar-refractivity contribution < 1.29 is 9.90 Å². The van der Waals surface area contributed by atoms with E-state index in [4.69, 9.17) is 5.11 Å². The third-order valence-corrected chi connectivity index (χ3v) is 1.51. The van der Waals surface area contributed by atoms with Crippen molar-refractivity contribution in [3.05, 3.63) is 28.5 Å². The smallest absolute Gasteiger partial charge is 0.124 e. The second-order valence-corrected chi connectivity index (χ2v) is 2.80. The number of aromatic nitrogens is 1. The molecule has 0 atom stereocenters. The van der Waals surface area contributed by atoms with E-state index in [1.54, 1.807) is 12.4 Å². The number of aldehydes is 1. The Labute approximate surface area is 79.6 Å². The van der Waals surface area contributed by atoms with Crippen molar-refractivity contribution in [3.8, 4) is 0 Å². The lowest BCUT2D eigenvalue weighted by molar-refractivity contribution is -0.107. The molecule has 3 nitrogen and oxygen atoms in total. The molecule has 0 unspecified atom stereocenters. The van der Waals surface area contributed by atoms with Crippen LogP contribution in [-0.2, 0) is 11.2 Å². The van der Waals surface area contributed by atoms with Crippen molar-refractivity contribution in [1.82, 2.24) is 4.98 Å². The number of pyridine rings is 1. The zero-order valence-corrected chi connectivity index (χ0v) is 8.28. The number of carbonyl (C=O) groups is 1. The van der Waals surface area contributed by atoms with Gasteiger partial charge in [0.25, 0.3) is 0 Å². The van der Waals surface area contributed by atoms with Crippen LogP contribution in [0, 0.1) is 0 Å². The van der Waals surface area contributed by atoms with Gasteiger partial charge in [0.1, 0.15) is 6.29 Å². The molecule has 0 saturated carbocycles. The summed E-state index contributed by atoms with van der Waals surface area (Å²) in [4.78, 5) is 13.9. The molecule has 0 aliphatic carbocycles. The maximum absolute atomic E-state index is 10.0.